The molecule has 0 spiro atoms. The molecular formula is C84H70N4. The number of anilines is 4. The smallest absolute Gasteiger partial charge is 0.0709 e. The molecule has 0 radical (unpaired) electrons. The van der Waals surface area contributed by atoms with Crippen molar-refractivity contribution in [1.29, 1.82) is 0 Å². The third kappa shape index (κ3) is 7.76. The van der Waals surface area contributed by atoms with Crippen LogP contribution in [0.2, 0.25) is 0 Å². The average Bonchev–Trinajstić information content (AvgIpc) is 1.48. The molecular weight excluding hydrogens is 1060 g/mol. The molecule has 4 atom stereocenters. The first-order valence-corrected chi connectivity index (χ1v) is 32.0. The lowest BCUT2D eigenvalue weighted by molar-refractivity contribution is 0.195. The number of fused-ring (bicyclic) bond motifs is 10. The van der Waals surface area contributed by atoms with Crippen LogP contribution in [-0.2, 0) is 10.8 Å². The van der Waals surface area contributed by atoms with Gasteiger partial charge < -0.3 is 9.80 Å². The van der Waals surface area contributed by atoms with Crippen LogP contribution >= 0.6 is 0 Å². The van der Waals surface area contributed by atoms with Crippen LogP contribution in [0.25, 0.3) is 110 Å². The van der Waals surface area contributed by atoms with Gasteiger partial charge in [0.15, 0.2) is 0 Å². The van der Waals surface area contributed by atoms with Gasteiger partial charge in [0.2, 0.25) is 0 Å². The zero-order chi connectivity index (χ0) is 58.9. The van der Waals surface area contributed by atoms with E-state index in [1.54, 1.807) is 0 Å². The van der Waals surface area contributed by atoms with Gasteiger partial charge in [-0.15, -0.1) is 0 Å². The Hall–Kier alpha value is -9.64. The van der Waals surface area contributed by atoms with Gasteiger partial charge in [-0.2, -0.15) is 0 Å². The molecule has 0 saturated heterocycles. The summed E-state index contributed by atoms with van der Waals surface area (Å²) in [6, 6.07) is 93.1. The summed E-state index contributed by atoms with van der Waals surface area (Å²) in [5.41, 5.74) is 21.5. The van der Waals surface area contributed by atoms with Gasteiger partial charge in [0.05, 0.1) is 28.2 Å². The number of nitrogens with zero attached hydrogens (tertiary/aromatic N) is 4. The second-order valence-electron chi connectivity index (χ2n) is 26.6. The Kier molecular flexibility index (Phi) is 11.9. The first kappa shape index (κ1) is 52.7. The van der Waals surface area contributed by atoms with Gasteiger partial charge >= 0.3 is 0 Å². The molecule has 2 aromatic heterocycles. The quantitative estimate of drug-likeness (QED) is 0.142. The zero-order valence-corrected chi connectivity index (χ0v) is 50.7. The largest absolute Gasteiger partial charge is 0.334 e. The molecule has 0 bridgehead atoms. The van der Waals surface area contributed by atoms with Gasteiger partial charge in [-0.3, -0.25) is 4.98 Å². The maximum atomic E-state index is 5.60. The molecule has 11 aromatic carbocycles. The number of hydrogen-bond donors (Lipinski definition) is 0. The molecule has 2 aliphatic carbocycles. The van der Waals surface area contributed by atoms with Crippen LogP contribution in [0.3, 0.4) is 0 Å². The lowest BCUT2D eigenvalue weighted by Gasteiger charge is -2.50. The summed E-state index contributed by atoms with van der Waals surface area (Å²) in [4.78, 5) is 16.2. The standard InChI is InChI=1S/C84H70N4/c1-81-46-15-17-48-83(81,3)87(62-26-7-5-8-27-62)77-44-39-59(52-72(77)81)74-43-38-61(54-85-74)57-36-41-68-70(50-57)79(66-32-19-24-55-22-11-13-30-64(55)66)69-42-37-58(51-71(69)80(68)67-33-20-25-56-23-12-14-31-65(56)67)75-34-21-35-76(86-75)60-40-45-78-73(53-60)82(2)47-16-18-49-84(82,4)88(78)63-28-9-6-10-29-63/h5-14,19-45,50-54H,15-18,46-49H2,1-4H3. The first-order chi connectivity index (χ1) is 43.1. The fourth-order valence-corrected chi connectivity index (χ4v) is 17.3. The zero-order valence-electron chi connectivity index (χ0n) is 50.7. The number of hydrogen-bond acceptors (Lipinski definition) is 4. The highest BCUT2D eigenvalue weighted by Crippen LogP contribution is 2.63. The van der Waals surface area contributed by atoms with Gasteiger partial charge in [0.25, 0.3) is 0 Å². The third-order valence-corrected chi connectivity index (χ3v) is 22.2. The van der Waals surface area contributed by atoms with Crippen molar-refractivity contribution in [3.05, 3.63) is 266 Å². The lowest BCUT2D eigenvalue weighted by Crippen LogP contribution is -2.54. The molecule has 4 heterocycles. The Morgan fingerprint density at radius 2 is 0.739 bits per heavy atom. The molecule has 4 heteroatoms. The summed E-state index contributed by atoms with van der Waals surface area (Å²) in [6.07, 6.45) is 11.7. The first-order valence-electron chi connectivity index (χ1n) is 32.0. The SMILES string of the molecule is CC12CCCCC1(C)N(c1ccccc1)c1ccc(-c3ccc(-c4ccc5c(-c6cccc7ccccc67)c6cc(-c7cccc(-c8ccc9c(c8)C8(C)CCCCC8(C)N9c8ccccc8)n7)ccc6c(-c6cccc7ccccc67)c5c4)cn3)cc12. The highest BCUT2D eigenvalue weighted by molar-refractivity contribution is 6.26. The second-order valence-corrected chi connectivity index (χ2v) is 26.6. The highest BCUT2D eigenvalue weighted by atomic mass is 15.3. The van der Waals surface area contributed by atoms with E-state index in [9.17, 15) is 0 Å². The molecule has 4 aliphatic rings. The van der Waals surface area contributed by atoms with Gasteiger partial charge in [-0.25, -0.2) is 4.98 Å². The molecule has 2 aliphatic heterocycles. The predicted octanol–water partition coefficient (Wildman–Crippen LogP) is 22.6. The van der Waals surface area contributed by atoms with Crippen LogP contribution in [-0.4, -0.2) is 21.0 Å². The molecule has 2 saturated carbocycles. The Labute approximate surface area is 516 Å². The Morgan fingerprint density at radius 3 is 1.26 bits per heavy atom. The summed E-state index contributed by atoms with van der Waals surface area (Å²) < 4.78 is 0. The molecule has 88 heavy (non-hydrogen) atoms. The molecule has 4 unspecified atom stereocenters. The summed E-state index contributed by atoms with van der Waals surface area (Å²) in [7, 11) is 0. The van der Waals surface area contributed by atoms with Crippen LogP contribution < -0.4 is 9.80 Å². The molecule has 13 aromatic rings. The van der Waals surface area contributed by atoms with E-state index in [-0.39, 0.29) is 21.9 Å². The van der Waals surface area contributed by atoms with E-state index in [4.69, 9.17) is 9.97 Å². The van der Waals surface area contributed by atoms with Crippen LogP contribution in [0.15, 0.2) is 255 Å². The number of rotatable bonds is 8. The normalized spacial score (nSPS) is 21.2. The number of aromatic nitrogens is 2. The second kappa shape index (κ2) is 20.0. The number of para-hydroxylation sites is 2. The minimum Gasteiger partial charge on any atom is -0.334 e. The van der Waals surface area contributed by atoms with Gasteiger partial charge in [-0.1, -0.05) is 209 Å². The van der Waals surface area contributed by atoms with E-state index in [1.165, 1.54) is 150 Å². The predicted molar refractivity (Wildman–Crippen MR) is 370 cm³/mol. The fourth-order valence-electron chi connectivity index (χ4n) is 17.3. The Bertz CT molecular complexity index is 4940. The van der Waals surface area contributed by atoms with Crippen molar-refractivity contribution in [3.8, 4) is 67.2 Å². The Morgan fingerprint density at radius 1 is 0.318 bits per heavy atom. The monoisotopic (exact) mass is 1130 g/mol. The van der Waals surface area contributed by atoms with E-state index in [2.05, 4.69) is 292 Å². The van der Waals surface area contributed by atoms with Crippen LogP contribution in [0.4, 0.5) is 22.7 Å². The van der Waals surface area contributed by atoms with Gasteiger partial charge in [0.1, 0.15) is 0 Å². The van der Waals surface area contributed by atoms with Crippen molar-refractivity contribution < 1.29 is 0 Å². The summed E-state index contributed by atoms with van der Waals surface area (Å²) in [5.74, 6) is 0. The van der Waals surface area contributed by atoms with Crippen molar-refractivity contribution in [3.63, 3.8) is 0 Å². The minimum absolute atomic E-state index is 0.000455. The molecule has 17 rings (SSSR count). The molecule has 0 amide bonds. The number of benzene rings is 11. The summed E-state index contributed by atoms with van der Waals surface area (Å²) in [5, 5.41) is 9.70. The van der Waals surface area contributed by atoms with Crippen LogP contribution in [0, 0.1) is 0 Å². The molecule has 426 valence electrons. The molecule has 4 nitrogen and oxygen atoms in total. The fraction of sp³-hybridized carbons (Fsp3) is 0.190. The van der Waals surface area contributed by atoms with E-state index < -0.39 is 0 Å². The van der Waals surface area contributed by atoms with E-state index in [0.717, 1.165) is 45.8 Å². The van der Waals surface area contributed by atoms with Crippen LogP contribution in [0.5, 0.6) is 0 Å². The van der Waals surface area contributed by atoms with E-state index in [0.29, 0.717) is 0 Å². The van der Waals surface area contributed by atoms with Crippen molar-refractivity contribution >= 4 is 65.8 Å². The summed E-state index contributed by atoms with van der Waals surface area (Å²) >= 11 is 0. The Balaban J connectivity index is 0.819. The average molecular weight is 1140 g/mol. The minimum atomic E-state index is -0.0254. The van der Waals surface area contributed by atoms with Crippen molar-refractivity contribution in [2.75, 3.05) is 9.80 Å². The van der Waals surface area contributed by atoms with E-state index in [1.807, 2.05) is 0 Å². The van der Waals surface area contributed by atoms with Crippen LogP contribution in [0.1, 0.15) is 90.2 Å². The molecule has 2 fully saturated rings. The van der Waals surface area contributed by atoms with Crippen molar-refractivity contribution in [2.45, 2.75) is 101 Å². The van der Waals surface area contributed by atoms with Gasteiger partial charge in [0, 0.05) is 62.0 Å². The van der Waals surface area contributed by atoms with Crippen molar-refractivity contribution in [1.82, 2.24) is 9.97 Å². The third-order valence-electron chi connectivity index (χ3n) is 22.2. The maximum absolute atomic E-state index is 5.60. The maximum Gasteiger partial charge on any atom is 0.0709 e. The number of pyridine rings is 2. The highest BCUT2D eigenvalue weighted by Gasteiger charge is 2.59. The van der Waals surface area contributed by atoms with E-state index >= 15 is 0 Å². The lowest BCUT2D eigenvalue weighted by atomic mass is 9.61. The topological polar surface area (TPSA) is 32.3 Å². The summed E-state index contributed by atoms with van der Waals surface area (Å²) in [6.45, 7) is 10.0. The molecule has 0 N–H and O–H groups in total. The van der Waals surface area contributed by atoms with Gasteiger partial charge in [-0.05, 0) is 200 Å². The van der Waals surface area contributed by atoms with Crippen molar-refractivity contribution in [2.24, 2.45) is 0 Å².